The molecule has 1 aromatic carbocycles. The number of alkyl carbamates (subject to hydrolysis) is 1. The van der Waals surface area contributed by atoms with E-state index in [1.165, 1.54) is 0 Å². The minimum absolute atomic E-state index is 0.115. The Hall–Kier alpha value is -3.20. The standard InChI is InChI=1S/C22H27N5O4/c1-22(2,3)31-21(29)23-11-17-15-8-13(14-10-24-27(4)12-14)9-16(18-6-5-7-30-18)19(15)20(28)26-25-17/h8-10,12,18H,5-7,11H2,1-4H3,(H,23,29)(H,26,28). The number of nitrogens with zero attached hydrogens (tertiary/aromatic N) is 3. The van der Waals surface area contributed by atoms with Gasteiger partial charge in [-0.25, -0.2) is 9.89 Å². The Morgan fingerprint density at radius 1 is 1.35 bits per heavy atom. The molecule has 0 radical (unpaired) electrons. The lowest BCUT2D eigenvalue weighted by Crippen LogP contribution is -2.32. The molecule has 2 aromatic heterocycles. The number of fused-ring (bicyclic) bond motifs is 1. The van der Waals surface area contributed by atoms with E-state index in [9.17, 15) is 9.59 Å². The van der Waals surface area contributed by atoms with Gasteiger partial charge in [-0.3, -0.25) is 9.48 Å². The number of amides is 1. The highest BCUT2D eigenvalue weighted by molar-refractivity contribution is 5.91. The molecular formula is C22H27N5O4. The molecule has 1 fully saturated rings. The van der Waals surface area contributed by atoms with Crippen molar-refractivity contribution in [2.45, 2.75) is 51.9 Å². The largest absolute Gasteiger partial charge is 0.444 e. The minimum atomic E-state index is -0.606. The van der Waals surface area contributed by atoms with Crippen molar-refractivity contribution in [1.29, 1.82) is 0 Å². The lowest BCUT2D eigenvalue weighted by Gasteiger charge is -2.20. The van der Waals surface area contributed by atoms with Crippen molar-refractivity contribution in [3.05, 3.63) is 46.1 Å². The topological polar surface area (TPSA) is 111 Å². The average Bonchev–Trinajstić information content (AvgIpc) is 3.37. The second-order valence-electron chi connectivity index (χ2n) is 8.75. The number of nitrogens with one attached hydrogen (secondary N) is 2. The molecule has 2 N–H and O–H groups in total. The monoisotopic (exact) mass is 425 g/mol. The number of hydrogen-bond donors (Lipinski definition) is 2. The molecule has 4 rings (SSSR count). The second-order valence-corrected chi connectivity index (χ2v) is 8.75. The van der Waals surface area contributed by atoms with Crippen LogP contribution in [-0.2, 0) is 23.1 Å². The Balaban J connectivity index is 1.80. The summed E-state index contributed by atoms with van der Waals surface area (Å²) in [5.74, 6) is 0. The summed E-state index contributed by atoms with van der Waals surface area (Å²) < 4.78 is 13.0. The van der Waals surface area contributed by atoms with Gasteiger partial charge in [0, 0.05) is 30.8 Å². The third-order valence-corrected chi connectivity index (χ3v) is 5.11. The van der Waals surface area contributed by atoms with Crippen LogP contribution in [0.25, 0.3) is 21.9 Å². The maximum atomic E-state index is 12.8. The van der Waals surface area contributed by atoms with E-state index in [1.54, 1.807) is 31.6 Å². The van der Waals surface area contributed by atoms with Gasteiger partial charge in [0.1, 0.15) is 5.60 Å². The summed E-state index contributed by atoms with van der Waals surface area (Å²) in [6.45, 7) is 6.18. The summed E-state index contributed by atoms with van der Waals surface area (Å²) in [6, 6.07) is 3.91. The Labute approximate surface area is 179 Å². The third-order valence-electron chi connectivity index (χ3n) is 5.11. The van der Waals surface area contributed by atoms with E-state index in [4.69, 9.17) is 9.47 Å². The van der Waals surface area contributed by atoms with Crippen molar-refractivity contribution in [3.63, 3.8) is 0 Å². The van der Waals surface area contributed by atoms with Crippen LogP contribution < -0.4 is 10.9 Å². The number of aromatic nitrogens is 4. The number of ether oxygens (including phenoxy) is 2. The van der Waals surface area contributed by atoms with E-state index in [1.807, 2.05) is 25.4 Å². The number of H-pyrrole nitrogens is 1. The van der Waals surface area contributed by atoms with Crippen LogP contribution in [-0.4, -0.2) is 38.3 Å². The van der Waals surface area contributed by atoms with Crippen LogP contribution in [0.1, 0.15) is 51.0 Å². The van der Waals surface area contributed by atoms with E-state index >= 15 is 0 Å². The highest BCUT2D eigenvalue weighted by Gasteiger charge is 2.24. The van der Waals surface area contributed by atoms with Gasteiger partial charge in [0.25, 0.3) is 5.56 Å². The molecule has 0 aliphatic carbocycles. The molecule has 31 heavy (non-hydrogen) atoms. The molecule has 1 saturated heterocycles. The van der Waals surface area contributed by atoms with Crippen LogP contribution in [0.2, 0.25) is 0 Å². The third kappa shape index (κ3) is 4.61. The lowest BCUT2D eigenvalue weighted by molar-refractivity contribution is 0.0523. The van der Waals surface area contributed by atoms with E-state index in [0.29, 0.717) is 23.1 Å². The molecule has 3 aromatic rings. The fourth-order valence-corrected chi connectivity index (χ4v) is 3.80. The number of hydrogen-bond acceptors (Lipinski definition) is 6. The Morgan fingerprint density at radius 2 is 2.16 bits per heavy atom. The summed E-state index contributed by atoms with van der Waals surface area (Å²) in [6.07, 6.45) is 4.78. The van der Waals surface area contributed by atoms with E-state index in [2.05, 4.69) is 20.6 Å². The zero-order chi connectivity index (χ0) is 22.2. The number of aromatic amines is 1. The SMILES string of the molecule is Cn1cc(-c2cc(C3CCCO3)c3c(=O)[nH]nc(CNC(=O)OC(C)(C)C)c3c2)cn1. The zero-order valence-corrected chi connectivity index (χ0v) is 18.2. The molecule has 9 nitrogen and oxygen atoms in total. The van der Waals surface area contributed by atoms with Crippen LogP contribution in [0.3, 0.4) is 0 Å². The van der Waals surface area contributed by atoms with Crippen molar-refractivity contribution < 1.29 is 14.3 Å². The van der Waals surface area contributed by atoms with Crippen molar-refractivity contribution in [2.75, 3.05) is 6.61 Å². The van der Waals surface area contributed by atoms with Crippen LogP contribution in [0.5, 0.6) is 0 Å². The highest BCUT2D eigenvalue weighted by Crippen LogP contribution is 2.36. The molecule has 3 heterocycles. The van der Waals surface area contributed by atoms with Gasteiger partial charge < -0.3 is 14.8 Å². The molecular weight excluding hydrogens is 398 g/mol. The van der Waals surface area contributed by atoms with Gasteiger partial charge in [0.2, 0.25) is 0 Å². The van der Waals surface area contributed by atoms with Gasteiger partial charge in [-0.1, -0.05) is 0 Å². The summed E-state index contributed by atoms with van der Waals surface area (Å²) in [7, 11) is 1.86. The normalized spacial score (nSPS) is 16.6. The number of benzene rings is 1. The average molecular weight is 425 g/mol. The van der Waals surface area contributed by atoms with Crippen molar-refractivity contribution in [2.24, 2.45) is 7.05 Å². The maximum Gasteiger partial charge on any atom is 0.407 e. The molecule has 1 aliphatic rings. The zero-order valence-electron chi connectivity index (χ0n) is 18.2. The van der Waals surface area contributed by atoms with Gasteiger partial charge in [0.05, 0.1) is 29.9 Å². The van der Waals surface area contributed by atoms with Crippen LogP contribution in [0, 0.1) is 0 Å². The van der Waals surface area contributed by atoms with Crippen LogP contribution in [0.15, 0.2) is 29.3 Å². The quantitative estimate of drug-likeness (QED) is 0.664. The molecule has 164 valence electrons. The second kappa shape index (κ2) is 8.14. The molecule has 0 bridgehead atoms. The smallest absolute Gasteiger partial charge is 0.407 e. The summed E-state index contributed by atoms with van der Waals surface area (Å²) in [4.78, 5) is 24.9. The van der Waals surface area contributed by atoms with Gasteiger partial charge in [-0.15, -0.1) is 0 Å². The molecule has 0 saturated carbocycles. The van der Waals surface area contributed by atoms with Gasteiger partial charge >= 0.3 is 6.09 Å². The molecule has 1 aliphatic heterocycles. The predicted octanol–water partition coefficient (Wildman–Crippen LogP) is 3.20. The fraction of sp³-hybridized carbons (Fsp3) is 0.455. The lowest BCUT2D eigenvalue weighted by atomic mass is 9.94. The Kier molecular flexibility index (Phi) is 5.53. The van der Waals surface area contributed by atoms with Crippen molar-refractivity contribution >= 4 is 16.9 Å². The van der Waals surface area contributed by atoms with E-state index < -0.39 is 11.7 Å². The summed E-state index contributed by atoms with van der Waals surface area (Å²) >= 11 is 0. The van der Waals surface area contributed by atoms with Crippen LogP contribution in [0.4, 0.5) is 4.79 Å². The minimum Gasteiger partial charge on any atom is -0.444 e. The first-order valence-electron chi connectivity index (χ1n) is 10.3. The van der Waals surface area contributed by atoms with Crippen molar-refractivity contribution in [1.82, 2.24) is 25.3 Å². The number of rotatable bonds is 4. The number of carbonyl (C=O) groups is 1. The maximum absolute atomic E-state index is 12.8. The van der Waals surface area contributed by atoms with Crippen molar-refractivity contribution in [3.8, 4) is 11.1 Å². The first-order valence-corrected chi connectivity index (χ1v) is 10.3. The molecule has 1 amide bonds. The molecule has 1 unspecified atom stereocenters. The molecule has 9 heteroatoms. The predicted molar refractivity (Wildman–Crippen MR) is 116 cm³/mol. The van der Waals surface area contributed by atoms with Gasteiger partial charge in [-0.05, 0) is 56.9 Å². The highest BCUT2D eigenvalue weighted by atomic mass is 16.6. The van der Waals surface area contributed by atoms with Gasteiger partial charge in [0.15, 0.2) is 0 Å². The summed E-state index contributed by atoms with van der Waals surface area (Å²) in [5, 5.41) is 15.0. The number of carbonyl (C=O) groups excluding carboxylic acids is 1. The van der Waals surface area contributed by atoms with E-state index in [-0.39, 0.29) is 18.2 Å². The van der Waals surface area contributed by atoms with Gasteiger partial charge in [-0.2, -0.15) is 10.2 Å². The van der Waals surface area contributed by atoms with Crippen LogP contribution >= 0.6 is 0 Å². The molecule has 0 spiro atoms. The Morgan fingerprint density at radius 3 is 2.81 bits per heavy atom. The first kappa shape index (κ1) is 21.0. The first-order chi connectivity index (χ1) is 14.7. The Bertz CT molecular complexity index is 1170. The summed E-state index contributed by atoms with van der Waals surface area (Å²) in [5.41, 5.74) is 2.33. The number of aryl methyl sites for hydroxylation is 1. The molecule has 1 atom stereocenters. The fourth-order valence-electron chi connectivity index (χ4n) is 3.80. The van der Waals surface area contributed by atoms with E-state index in [0.717, 1.165) is 29.5 Å².